The lowest BCUT2D eigenvalue weighted by molar-refractivity contribution is 0.102. The molecule has 0 unspecified atom stereocenters. The Bertz CT molecular complexity index is 1200. The first kappa shape index (κ1) is 17.7. The number of benzene rings is 2. The summed E-state index contributed by atoms with van der Waals surface area (Å²) in [5, 5.41) is 5.84. The van der Waals surface area contributed by atoms with Gasteiger partial charge in [0.05, 0.1) is 16.3 Å². The second-order valence-corrected chi connectivity index (χ2v) is 6.26. The lowest BCUT2D eigenvalue weighted by Gasteiger charge is -2.09. The molecule has 2 heterocycles. The predicted molar refractivity (Wildman–Crippen MR) is 104 cm³/mol. The molecule has 0 fully saturated rings. The molecule has 0 aliphatic rings. The maximum Gasteiger partial charge on any atom is 0.274 e. The zero-order valence-corrected chi connectivity index (χ0v) is 15.2. The zero-order chi connectivity index (χ0) is 19.5. The predicted octanol–water partition coefficient (Wildman–Crippen LogP) is 2.90. The Morgan fingerprint density at radius 1 is 1.18 bits per heavy atom. The van der Waals surface area contributed by atoms with Gasteiger partial charge in [0.15, 0.2) is 0 Å². The van der Waals surface area contributed by atoms with E-state index in [9.17, 15) is 9.59 Å². The first-order chi connectivity index (χ1) is 13.6. The molecule has 2 N–H and O–H groups in total. The molecule has 4 rings (SSSR count). The summed E-state index contributed by atoms with van der Waals surface area (Å²) in [6.07, 6.45) is 1.39. The van der Waals surface area contributed by atoms with Crippen molar-refractivity contribution < 1.29 is 9.53 Å². The van der Waals surface area contributed by atoms with Crippen molar-refractivity contribution in [1.82, 2.24) is 19.6 Å². The van der Waals surface area contributed by atoms with Gasteiger partial charge in [0.25, 0.3) is 17.2 Å². The van der Waals surface area contributed by atoms with E-state index >= 15 is 0 Å². The van der Waals surface area contributed by atoms with E-state index in [4.69, 9.17) is 16.3 Å². The molecule has 1 amide bonds. The molecule has 4 aromatic rings. The molecule has 8 nitrogen and oxygen atoms in total. The molecule has 0 bridgehead atoms. The molecule has 0 saturated carbocycles. The van der Waals surface area contributed by atoms with E-state index in [0.29, 0.717) is 27.7 Å². The lowest BCUT2D eigenvalue weighted by atomic mass is 10.2. The number of nitrogens with zero attached hydrogens (tertiary/aromatic N) is 3. The molecular formula is C19H14ClN5O3. The third-order valence-corrected chi connectivity index (χ3v) is 4.27. The van der Waals surface area contributed by atoms with Crippen LogP contribution in [0.1, 0.15) is 16.1 Å². The van der Waals surface area contributed by atoms with Crippen molar-refractivity contribution >= 4 is 29.0 Å². The van der Waals surface area contributed by atoms with E-state index in [2.05, 4.69) is 20.4 Å². The fourth-order valence-corrected chi connectivity index (χ4v) is 2.80. The summed E-state index contributed by atoms with van der Waals surface area (Å²) >= 11 is 6.03. The number of carbonyl (C=O) groups is 1. The Morgan fingerprint density at radius 2 is 1.96 bits per heavy atom. The maximum atomic E-state index is 12.3. The minimum Gasteiger partial charge on any atom is -0.487 e. The third kappa shape index (κ3) is 3.72. The van der Waals surface area contributed by atoms with Gasteiger partial charge in [-0.05, 0) is 36.4 Å². The summed E-state index contributed by atoms with van der Waals surface area (Å²) in [5.74, 6) is 0.555. The van der Waals surface area contributed by atoms with Gasteiger partial charge in [-0.2, -0.15) is 4.52 Å². The normalized spacial score (nSPS) is 10.8. The van der Waals surface area contributed by atoms with Crippen LogP contribution in [0.2, 0.25) is 5.02 Å². The van der Waals surface area contributed by atoms with Crippen LogP contribution in [0.3, 0.4) is 0 Å². The number of aromatic nitrogens is 4. The van der Waals surface area contributed by atoms with Gasteiger partial charge in [-0.15, -0.1) is 0 Å². The summed E-state index contributed by atoms with van der Waals surface area (Å²) in [6.45, 7) is 0.115. The summed E-state index contributed by atoms with van der Waals surface area (Å²) in [7, 11) is 0. The topological polar surface area (TPSA) is 101 Å². The van der Waals surface area contributed by atoms with E-state index in [1.54, 1.807) is 48.5 Å². The Kier molecular flexibility index (Phi) is 4.77. The van der Waals surface area contributed by atoms with Gasteiger partial charge in [-0.3, -0.25) is 14.7 Å². The second-order valence-electron chi connectivity index (χ2n) is 5.86. The number of fused-ring (bicyclic) bond motifs is 1. The average molecular weight is 396 g/mol. The van der Waals surface area contributed by atoms with Gasteiger partial charge in [-0.25, -0.2) is 9.97 Å². The Morgan fingerprint density at radius 3 is 2.75 bits per heavy atom. The van der Waals surface area contributed by atoms with Crippen LogP contribution >= 0.6 is 11.6 Å². The smallest absolute Gasteiger partial charge is 0.274 e. The number of nitrogens with one attached hydrogen (secondary N) is 2. The molecule has 28 heavy (non-hydrogen) atoms. The third-order valence-electron chi connectivity index (χ3n) is 3.94. The number of carbonyl (C=O) groups excluding carboxylic acids is 1. The van der Waals surface area contributed by atoms with Gasteiger partial charge in [0, 0.05) is 11.8 Å². The molecule has 0 radical (unpaired) electrons. The highest BCUT2D eigenvalue weighted by Gasteiger charge is 2.10. The lowest BCUT2D eigenvalue weighted by Crippen LogP contribution is -2.16. The Hall–Kier alpha value is -3.65. The number of hydrogen-bond acceptors (Lipinski definition) is 5. The van der Waals surface area contributed by atoms with Crippen molar-refractivity contribution in [2.45, 2.75) is 6.61 Å². The van der Waals surface area contributed by atoms with Gasteiger partial charge < -0.3 is 10.1 Å². The Labute approximate surface area is 163 Å². The van der Waals surface area contributed by atoms with Crippen LogP contribution < -0.4 is 15.6 Å². The van der Waals surface area contributed by atoms with E-state index < -0.39 is 0 Å². The molecule has 0 aliphatic carbocycles. The largest absolute Gasteiger partial charge is 0.487 e. The van der Waals surface area contributed by atoms with Crippen molar-refractivity contribution in [2.75, 3.05) is 5.32 Å². The van der Waals surface area contributed by atoms with Crippen LogP contribution in [-0.2, 0) is 6.61 Å². The summed E-state index contributed by atoms with van der Waals surface area (Å²) in [5.41, 5.74) is 1.20. The van der Waals surface area contributed by atoms with Gasteiger partial charge >= 0.3 is 0 Å². The van der Waals surface area contributed by atoms with Crippen LogP contribution in [0.5, 0.6) is 5.75 Å². The Balaban J connectivity index is 1.41. The number of amides is 1. The highest BCUT2D eigenvalue weighted by atomic mass is 35.5. The summed E-state index contributed by atoms with van der Waals surface area (Å²) in [6, 6.07) is 15.0. The highest BCUT2D eigenvalue weighted by Crippen LogP contribution is 2.20. The monoisotopic (exact) mass is 395 g/mol. The fourth-order valence-electron chi connectivity index (χ4n) is 2.58. The first-order valence-corrected chi connectivity index (χ1v) is 8.69. The minimum absolute atomic E-state index is 0.115. The zero-order valence-electron chi connectivity index (χ0n) is 14.4. The van der Waals surface area contributed by atoms with Crippen LogP contribution in [0.25, 0.3) is 5.78 Å². The quantitative estimate of drug-likeness (QED) is 0.541. The maximum absolute atomic E-state index is 12.3. The number of ether oxygens (including phenoxy) is 1. The number of anilines is 1. The number of rotatable bonds is 5. The van der Waals surface area contributed by atoms with Crippen LogP contribution in [-0.4, -0.2) is 25.5 Å². The molecule has 0 aliphatic heterocycles. The van der Waals surface area contributed by atoms with Gasteiger partial charge in [-0.1, -0.05) is 23.7 Å². The summed E-state index contributed by atoms with van der Waals surface area (Å²) in [4.78, 5) is 32.4. The SMILES string of the molecule is O=C(Nc1ccc(OCc2cc(=O)n3[nH]cnc3n2)cc1)c1ccccc1Cl. The number of H-pyrrole nitrogens is 1. The first-order valence-electron chi connectivity index (χ1n) is 8.31. The van der Waals surface area contributed by atoms with Crippen molar-refractivity contribution in [3.8, 4) is 5.75 Å². The molecule has 0 spiro atoms. The van der Waals surface area contributed by atoms with E-state index in [1.165, 1.54) is 16.9 Å². The van der Waals surface area contributed by atoms with Gasteiger partial charge in [0.1, 0.15) is 18.7 Å². The molecule has 9 heteroatoms. The fraction of sp³-hybridized carbons (Fsp3) is 0.0526. The molecule has 0 saturated heterocycles. The van der Waals surface area contributed by atoms with Crippen molar-refractivity contribution in [1.29, 1.82) is 0 Å². The number of aromatic amines is 1. The standard InChI is InChI=1S/C19H14ClN5O3/c20-16-4-2-1-3-15(16)18(27)23-12-5-7-14(8-6-12)28-10-13-9-17(26)25-19(24-13)21-11-22-25/h1-9,11H,10H2,(H,23,27)(H,21,22,24). The van der Waals surface area contributed by atoms with Crippen LogP contribution in [0.4, 0.5) is 5.69 Å². The molecule has 0 atom stereocenters. The molecule has 2 aromatic carbocycles. The van der Waals surface area contributed by atoms with Crippen molar-refractivity contribution in [2.24, 2.45) is 0 Å². The van der Waals surface area contributed by atoms with E-state index in [1.807, 2.05) is 0 Å². The van der Waals surface area contributed by atoms with Crippen LogP contribution in [0, 0.1) is 0 Å². The average Bonchev–Trinajstić information content (AvgIpc) is 3.17. The van der Waals surface area contributed by atoms with Crippen molar-refractivity contribution in [3.63, 3.8) is 0 Å². The summed E-state index contributed by atoms with van der Waals surface area (Å²) < 4.78 is 6.89. The molecule has 140 valence electrons. The number of halogens is 1. The number of hydrogen-bond donors (Lipinski definition) is 2. The highest BCUT2D eigenvalue weighted by molar-refractivity contribution is 6.34. The minimum atomic E-state index is -0.295. The van der Waals surface area contributed by atoms with Gasteiger partial charge in [0.2, 0.25) is 0 Å². The van der Waals surface area contributed by atoms with Crippen LogP contribution in [0.15, 0.2) is 65.7 Å². The molecule has 2 aromatic heterocycles. The molecular weight excluding hydrogens is 382 g/mol. The van der Waals surface area contributed by atoms with E-state index in [-0.39, 0.29) is 23.9 Å². The van der Waals surface area contributed by atoms with E-state index in [0.717, 1.165) is 0 Å². The van der Waals surface area contributed by atoms with Crippen molar-refractivity contribution in [3.05, 3.63) is 87.6 Å². The second kappa shape index (κ2) is 7.53.